The van der Waals surface area contributed by atoms with Gasteiger partial charge in [-0.1, -0.05) is 24.3 Å². The molecule has 0 aliphatic carbocycles. The van der Waals surface area contributed by atoms with Crippen molar-refractivity contribution in [3.8, 4) is 0 Å². The molecule has 3 aromatic rings. The van der Waals surface area contributed by atoms with Crippen LogP contribution in [0.1, 0.15) is 22.7 Å². The van der Waals surface area contributed by atoms with Crippen molar-refractivity contribution in [3.05, 3.63) is 77.4 Å². The summed E-state index contributed by atoms with van der Waals surface area (Å²) in [5, 5.41) is 2.09. The largest absolute Gasteiger partial charge is 0.320 e. The summed E-state index contributed by atoms with van der Waals surface area (Å²) in [4.78, 5) is 4.16. The van der Waals surface area contributed by atoms with Crippen LogP contribution in [0.4, 0.5) is 4.39 Å². The minimum atomic E-state index is -0.362. The highest BCUT2D eigenvalue weighted by molar-refractivity contribution is 5.85. The van der Waals surface area contributed by atoms with Gasteiger partial charge in [0.2, 0.25) is 0 Å². The van der Waals surface area contributed by atoms with Gasteiger partial charge in [-0.05, 0) is 47.2 Å². The third-order valence-electron chi connectivity index (χ3n) is 3.63. The van der Waals surface area contributed by atoms with E-state index in [0.717, 1.165) is 27.5 Å². The van der Waals surface area contributed by atoms with Gasteiger partial charge in [0.1, 0.15) is 5.82 Å². The number of nitrogens with two attached hydrogens (primary N) is 1. The highest BCUT2D eigenvalue weighted by Gasteiger charge is 2.15. The number of pyridine rings is 1. The van der Waals surface area contributed by atoms with Gasteiger partial charge in [-0.15, -0.1) is 0 Å². The first kappa shape index (κ1) is 12.8. The van der Waals surface area contributed by atoms with E-state index in [1.165, 1.54) is 12.1 Å². The smallest absolute Gasteiger partial charge is 0.123 e. The maximum absolute atomic E-state index is 13.5. The lowest BCUT2D eigenvalue weighted by Gasteiger charge is -2.17. The molecular weight excluding hydrogens is 251 g/mol. The molecular formula is C17H15FN2. The molecule has 0 aliphatic heterocycles. The van der Waals surface area contributed by atoms with Crippen LogP contribution in [0.15, 0.2) is 54.9 Å². The third kappa shape index (κ3) is 2.17. The molecule has 2 N–H and O–H groups in total. The van der Waals surface area contributed by atoms with Crippen molar-refractivity contribution in [2.75, 3.05) is 0 Å². The van der Waals surface area contributed by atoms with E-state index >= 15 is 0 Å². The summed E-state index contributed by atoms with van der Waals surface area (Å²) in [5.41, 5.74) is 9.11. The van der Waals surface area contributed by atoms with E-state index < -0.39 is 0 Å². The molecule has 20 heavy (non-hydrogen) atoms. The molecule has 1 atom stereocenters. The first-order chi connectivity index (χ1) is 9.66. The molecule has 0 amide bonds. The summed E-state index contributed by atoms with van der Waals surface area (Å²) in [6.07, 6.45) is 3.56. The van der Waals surface area contributed by atoms with Gasteiger partial charge in [-0.3, -0.25) is 4.98 Å². The summed E-state index contributed by atoms with van der Waals surface area (Å²) >= 11 is 0. The number of benzene rings is 2. The lowest BCUT2D eigenvalue weighted by molar-refractivity contribution is 0.623. The number of hydrogen-bond acceptors (Lipinski definition) is 2. The van der Waals surface area contributed by atoms with Crippen molar-refractivity contribution in [3.63, 3.8) is 0 Å². The van der Waals surface area contributed by atoms with Gasteiger partial charge in [0.25, 0.3) is 0 Å². The van der Waals surface area contributed by atoms with Crippen molar-refractivity contribution in [1.82, 2.24) is 4.98 Å². The molecule has 1 unspecified atom stereocenters. The Morgan fingerprint density at radius 3 is 2.80 bits per heavy atom. The molecule has 0 fully saturated rings. The average Bonchev–Trinajstić information content (AvgIpc) is 2.48. The van der Waals surface area contributed by atoms with E-state index in [2.05, 4.69) is 4.98 Å². The van der Waals surface area contributed by atoms with Crippen molar-refractivity contribution < 1.29 is 4.39 Å². The molecule has 3 rings (SSSR count). The number of nitrogens with zero attached hydrogens (tertiary/aromatic N) is 1. The zero-order valence-electron chi connectivity index (χ0n) is 11.2. The summed E-state index contributed by atoms with van der Waals surface area (Å²) in [6, 6.07) is 12.3. The Labute approximate surface area is 117 Å². The molecule has 0 spiro atoms. The Balaban J connectivity index is 2.17. The van der Waals surface area contributed by atoms with Crippen LogP contribution in [0.3, 0.4) is 0 Å². The van der Waals surface area contributed by atoms with E-state index in [-0.39, 0.29) is 11.9 Å². The van der Waals surface area contributed by atoms with Gasteiger partial charge >= 0.3 is 0 Å². The van der Waals surface area contributed by atoms with E-state index in [0.29, 0.717) is 0 Å². The second-order valence-corrected chi connectivity index (χ2v) is 4.92. The van der Waals surface area contributed by atoms with Crippen LogP contribution in [0.2, 0.25) is 0 Å². The fourth-order valence-corrected chi connectivity index (χ4v) is 2.52. The van der Waals surface area contributed by atoms with Gasteiger partial charge in [-0.25, -0.2) is 4.39 Å². The third-order valence-corrected chi connectivity index (χ3v) is 3.63. The van der Waals surface area contributed by atoms with Crippen molar-refractivity contribution in [1.29, 1.82) is 0 Å². The van der Waals surface area contributed by atoms with Gasteiger partial charge in [0.05, 0.1) is 6.04 Å². The molecule has 0 aliphatic rings. The quantitative estimate of drug-likeness (QED) is 0.767. The summed E-state index contributed by atoms with van der Waals surface area (Å²) in [7, 11) is 0. The minimum absolute atomic E-state index is 0.264. The summed E-state index contributed by atoms with van der Waals surface area (Å²) in [6.45, 7) is 1.94. The van der Waals surface area contributed by atoms with Crippen LogP contribution in [-0.4, -0.2) is 4.98 Å². The number of aromatic nitrogens is 1. The zero-order valence-corrected chi connectivity index (χ0v) is 11.2. The van der Waals surface area contributed by atoms with Crippen LogP contribution in [0.25, 0.3) is 10.8 Å². The average molecular weight is 266 g/mol. The summed E-state index contributed by atoms with van der Waals surface area (Å²) < 4.78 is 13.5. The first-order valence-electron chi connectivity index (χ1n) is 6.51. The van der Waals surface area contributed by atoms with E-state index in [9.17, 15) is 4.39 Å². The predicted octanol–water partition coefficient (Wildman–Crippen LogP) is 3.73. The predicted molar refractivity (Wildman–Crippen MR) is 78.9 cm³/mol. The number of rotatable bonds is 2. The molecule has 1 aromatic heterocycles. The Morgan fingerprint density at radius 2 is 1.95 bits per heavy atom. The lowest BCUT2D eigenvalue weighted by Crippen LogP contribution is -2.14. The first-order valence-corrected chi connectivity index (χ1v) is 6.51. The fourth-order valence-electron chi connectivity index (χ4n) is 2.52. The molecule has 0 bridgehead atoms. The molecule has 100 valence electrons. The maximum Gasteiger partial charge on any atom is 0.123 e. The van der Waals surface area contributed by atoms with Crippen LogP contribution in [-0.2, 0) is 0 Å². The summed E-state index contributed by atoms with van der Waals surface area (Å²) in [5.74, 6) is -0.264. The van der Waals surface area contributed by atoms with Gasteiger partial charge in [-0.2, -0.15) is 0 Å². The van der Waals surface area contributed by atoms with Crippen LogP contribution >= 0.6 is 0 Å². The number of fused-ring (bicyclic) bond motifs is 1. The van der Waals surface area contributed by atoms with Gasteiger partial charge < -0.3 is 5.73 Å². The van der Waals surface area contributed by atoms with E-state index in [1.807, 2.05) is 31.2 Å². The van der Waals surface area contributed by atoms with E-state index in [4.69, 9.17) is 5.73 Å². The van der Waals surface area contributed by atoms with Crippen LogP contribution in [0, 0.1) is 12.7 Å². The molecule has 1 heterocycles. The standard InChI is InChI=1S/C17H15FN2/c1-11-5-6-13(18)9-15(11)17(19)14-4-2-3-12-7-8-20-10-16(12)14/h2-10,17H,19H2,1H3. The second-order valence-electron chi connectivity index (χ2n) is 4.92. The highest BCUT2D eigenvalue weighted by Crippen LogP contribution is 2.28. The number of aryl methyl sites for hydroxylation is 1. The lowest BCUT2D eigenvalue weighted by atomic mass is 9.93. The molecule has 3 heteroatoms. The van der Waals surface area contributed by atoms with Crippen LogP contribution < -0.4 is 5.73 Å². The van der Waals surface area contributed by atoms with Crippen LogP contribution in [0.5, 0.6) is 0 Å². The fraction of sp³-hybridized carbons (Fsp3) is 0.118. The second kappa shape index (κ2) is 5.02. The molecule has 2 aromatic carbocycles. The van der Waals surface area contributed by atoms with Crippen molar-refractivity contribution in [2.24, 2.45) is 5.73 Å². The molecule has 0 saturated carbocycles. The highest BCUT2D eigenvalue weighted by atomic mass is 19.1. The Kier molecular flexibility index (Phi) is 3.20. The minimum Gasteiger partial charge on any atom is -0.320 e. The Hall–Kier alpha value is -2.26. The zero-order chi connectivity index (χ0) is 14.1. The molecule has 0 saturated heterocycles. The molecule has 0 radical (unpaired) electrons. The van der Waals surface area contributed by atoms with E-state index in [1.54, 1.807) is 18.5 Å². The topological polar surface area (TPSA) is 38.9 Å². The number of hydrogen-bond donors (Lipinski definition) is 1. The Bertz CT molecular complexity index is 763. The normalized spacial score (nSPS) is 12.6. The maximum atomic E-state index is 13.5. The van der Waals surface area contributed by atoms with Crippen molar-refractivity contribution in [2.45, 2.75) is 13.0 Å². The number of halogens is 1. The molecule has 2 nitrogen and oxygen atoms in total. The van der Waals surface area contributed by atoms with Gasteiger partial charge in [0, 0.05) is 17.8 Å². The monoisotopic (exact) mass is 266 g/mol. The van der Waals surface area contributed by atoms with Crippen molar-refractivity contribution >= 4 is 10.8 Å². The van der Waals surface area contributed by atoms with Gasteiger partial charge in [0.15, 0.2) is 0 Å². The SMILES string of the molecule is Cc1ccc(F)cc1C(N)c1cccc2ccncc12. The Morgan fingerprint density at radius 1 is 1.10 bits per heavy atom.